The first-order chi connectivity index (χ1) is 11.6. The van der Waals surface area contributed by atoms with Crippen molar-refractivity contribution in [2.45, 2.75) is 44.3 Å². The summed E-state index contributed by atoms with van der Waals surface area (Å²) in [5, 5.41) is 15.3. The number of aromatic nitrogens is 2. The van der Waals surface area contributed by atoms with E-state index in [0.29, 0.717) is 19.0 Å². The zero-order valence-electron chi connectivity index (χ0n) is 13.8. The van der Waals surface area contributed by atoms with Crippen molar-refractivity contribution < 1.29 is 4.74 Å². The normalized spacial score (nSPS) is 30.5. The maximum atomic E-state index is 9.70. The van der Waals surface area contributed by atoms with E-state index in [4.69, 9.17) is 4.74 Å². The van der Waals surface area contributed by atoms with Gasteiger partial charge in [0.25, 0.3) is 0 Å². The minimum Gasteiger partial charge on any atom is -0.475 e. The third-order valence-electron chi connectivity index (χ3n) is 5.89. The first-order valence-electron chi connectivity index (χ1n) is 8.46. The minimum atomic E-state index is -0.470. The van der Waals surface area contributed by atoms with Gasteiger partial charge < -0.3 is 9.64 Å². The van der Waals surface area contributed by atoms with Gasteiger partial charge >= 0.3 is 0 Å². The van der Waals surface area contributed by atoms with Gasteiger partial charge in [0.05, 0.1) is 24.0 Å². The molecule has 2 aromatic heterocycles. The molecule has 2 aromatic rings. The predicted octanol–water partition coefficient (Wildman–Crippen LogP) is 1.84. The fraction of sp³-hybridized carbons (Fsp3) is 0.500. The predicted molar refractivity (Wildman–Crippen MR) is 90.1 cm³/mol. The first kappa shape index (κ1) is 14.0. The van der Waals surface area contributed by atoms with Crippen LogP contribution in [-0.2, 0) is 0 Å². The molecule has 3 unspecified atom stereocenters. The fourth-order valence-corrected chi connectivity index (χ4v) is 4.45. The summed E-state index contributed by atoms with van der Waals surface area (Å²) in [7, 11) is 0. The average molecular weight is 321 g/mol. The maximum Gasteiger partial charge on any atom is 0.225 e. The van der Waals surface area contributed by atoms with Gasteiger partial charge in [0.15, 0.2) is 0 Å². The quantitative estimate of drug-likeness (QED) is 0.798. The first-order valence-corrected chi connectivity index (χ1v) is 8.46. The Bertz CT molecular complexity index is 904. The molecule has 6 nitrogen and oxygen atoms in total. The molecular formula is C18H19N5O. The summed E-state index contributed by atoms with van der Waals surface area (Å²) in [5.41, 5.74) is 1.68. The number of fused-ring (bicyclic) bond motifs is 5. The zero-order valence-corrected chi connectivity index (χ0v) is 13.8. The van der Waals surface area contributed by atoms with Gasteiger partial charge in [-0.05, 0) is 43.7 Å². The van der Waals surface area contributed by atoms with Crippen LogP contribution in [0.4, 0.5) is 5.82 Å². The van der Waals surface area contributed by atoms with E-state index in [-0.39, 0.29) is 12.1 Å². The lowest BCUT2D eigenvalue weighted by Crippen LogP contribution is -2.65. The molecule has 24 heavy (non-hydrogen) atoms. The lowest BCUT2D eigenvalue weighted by Gasteiger charge is -2.43. The van der Waals surface area contributed by atoms with Crippen molar-refractivity contribution in [2.75, 3.05) is 18.1 Å². The minimum absolute atomic E-state index is 0.182. The van der Waals surface area contributed by atoms with Gasteiger partial charge in [-0.1, -0.05) is 0 Å². The highest BCUT2D eigenvalue weighted by atomic mass is 16.5. The zero-order chi connectivity index (χ0) is 16.5. The van der Waals surface area contributed by atoms with Crippen LogP contribution in [0.1, 0.15) is 24.1 Å². The van der Waals surface area contributed by atoms with Crippen LogP contribution >= 0.6 is 0 Å². The Labute approximate surface area is 140 Å². The van der Waals surface area contributed by atoms with Crippen LogP contribution in [0, 0.1) is 25.2 Å². The molecule has 0 aromatic carbocycles. The lowest BCUT2D eigenvalue weighted by molar-refractivity contribution is 0.227. The molecule has 0 amide bonds. The van der Waals surface area contributed by atoms with Gasteiger partial charge in [-0.15, -0.1) is 0 Å². The van der Waals surface area contributed by atoms with E-state index in [1.54, 1.807) is 0 Å². The molecule has 0 aliphatic carbocycles. The highest BCUT2D eigenvalue weighted by molar-refractivity contribution is 5.99. The van der Waals surface area contributed by atoms with Gasteiger partial charge in [-0.2, -0.15) is 5.26 Å². The highest BCUT2D eigenvalue weighted by Crippen LogP contribution is 2.42. The Morgan fingerprint density at radius 3 is 3.17 bits per heavy atom. The number of aryl methyl sites for hydroxylation is 2. The van der Waals surface area contributed by atoms with Crippen molar-refractivity contribution in [1.82, 2.24) is 15.3 Å². The third-order valence-corrected chi connectivity index (χ3v) is 5.89. The number of nitrogens with one attached hydrogen (secondary N) is 1. The van der Waals surface area contributed by atoms with Gasteiger partial charge in [0, 0.05) is 17.9 Å². The second kappa shape index (κ2) is 4.58. The second-order valence-corrected chi connectivity index (χ2v) is 7.17. The molecular weight excluding hydrogens is 302 g/mol. The van der Waals surface area contributed by atoms with E-state index in [9.17, 15) is 5.26 Å². The summed E-state index contributed by atoms with van der Waals surface area (Å²) >= 11 is 0. The average Bonchev–Trinajstić information content (AvgIpc) is 2.87. The maximum absolute atomic E-state index is 9.70. The van der Waals surface area contributed by atoms with E-state index in [1.807, 2.05) is 19.2 Å². The lowest BCUT2D eigenvalue weighted by atomic mass is 9.97. The van der Waals surface area contributed by atoms with Crippen LogP contribution in [0.15, 0.2) is 12.3 Å². The monoisotopic (exact) mass is 321 g/mol. The summed E-state index contributed by atoms with van der Waals surface area (Å²) in [6.45, 7) is 5.32. The number of pyridine rings is 2. The Balaban J connectivity index is 1.76. The fourth-order valence-electron chi connectivity index (χ4n) is 4.45. The van der Waals surface area contributed by atoms with Crippen molar-refractivity contribution in [3.05, 3.63) is 23.5 Å². The molecule has 3 aliphatic heterocycles. The molecule has 3 atom stereocenters. The Kier molecular flexibility index (Phi) is 2.67. The summed E-state index contributed by atoms with van der Waals surface area (Å²) < 4.78 is 6.13. The highest BCUT2D eigenvalue weighted by Gasteiger charge is 2.51. The Morgan fingerprint density at radius 2 is 2.33 bits per heavy atom. The van der Waals surface area contributed by atoms with Crippen molar-refractivity contribution >= 4 is 16.6 Å². The van der Waals surface area contributed by atoms with Crippen LogP contribution in [0.2, 0.25) is 0 Å². The largest absolute Gasteiger partial charge is 0.475 e. The van der Waals surface area contributed by atoms with Crippen LogP contribution in [-0.4, -0.2) is 40.7 Å². The van der Waals surface area contributed by atoms with Crippen LogP contribution in [0.5, 0.6) is 5.88 Å². The van der Waals surface area contributed by atoms with E-state index in [2.05, 4.69) is 33.2 Å². The molecule has 0 saturated carbocycles. The number of piperazine rings is 1. The number of hydrogen-bond acceptors (Lipinski definition) is 6. The Hall–Kier alpha value is -2.39. The third kappa shape index (κ3) is 1.68. The molecule has 6 heteroatoms. The van der Waals surface area contributed by atoms with E-state index in [1.165, 1.54) is 0 Å². The molecule has 3 aliphatic rings. The number of nitrogens with zero attached hydrogens (tertiary/aromatic N) is 4. The van der Waals surface area contributed by atoms with Crippen LogP contribution in [0.25, 0.3) is 10.8 Å². The molecule has 122 valence electrons. The molecule has 1 N–H and O–H groups in total. The van der Waals surface area contributed by atoms with Gasteiger partial charge in [0.1, 0.15) is 18.0 Å². The smallest absolute Gasteiger partial charge is 0.225 e. The van der Waals surface area contributed by atoms with Crippen molar-refractivity contribution in [1.29, 1.82) is 5.26 Å². The molecule has 2 saturated heterocycles. The summed E-state index contributed by atoms with van der Waals surface area (Å²) in [4.78, 5) is 11.6. The standard InChI is InChI=1S/C18H19N5O/c1-10-11(2)21-17-15-12(10)4-6-20-16(15)23-9-18(8-19)5-3-13(22-18)14(23)7-24-17/h4,6,13-14,22H,3,5,7,9H2,1-2H3. The van der Waals surface area contributed by atoms with Crippen molar-refractivity contribution in [3.8, 4) is 11.9 Å². The molecule has 5 rings (SSSR count). The van der Waals surface area contributed by atoms with E-state index in [0.717, 1.165) is 40.7 Å². The number of anilines is 1. The number of rotatable bonds is 0. The Morgan fingerprint density at radius 1 is 1.46 bits per heavy atom. The van der Waals surface area contributed by atoms with E-state index < -0.39 is 5.54 Å². The number of nitriles is 1. The van der Waals surface area contributed by atoms with Gasteiger partial charge in [0.2, 0.25) is 5.88 Å². The summed E-state index contributed by atoms with van der Waals surface area (Å²) in [6.07, 6.45) is 3.74. The second-order valence-electron chi connectivity index (χ2n) is 7.17. The topological polar surface area (TPSA) is 74.1 Å². The number of ether oxygens (including phenoxy) is 1. The summed E-state index contributed by atoms with van der Waals surface area (Å²) in [6, 6.07) is 4.98. The summed E-state index contributed by atoms with van der Waals surface area (Å²) in [5.74, 6) is 1.58. The molecule has 0 radical (unpaired) electrons. The molecule has 5 heterocycles. The van der Waals surface area contributed by atoms with Crippen molar-refractivity contribution in [2.24, 2.45) is 0 Å². The van der Waals surface area contributed by atoms with Crippen LogP contribution in [0.3, 0.4) is 0 Å². The van der Waals surface area contributed by atoms with Crippen LogP contribution < -0.4 is 15.0 Å². The number of hydrogen-bond donors (Lipinski definition) is 1. The van der Waals surface area contributed by atoms with Crippen molar-refractivity contribution in [3.63, 3.8) is 0 Å². The van der Waals surface area contributed by atoms with E-state index >= 15 is 0 Å². The van der Waals surface area contributed by atoms with Gasteiger partial charge in [-0.25, -0.2) is 9.97 Å². The molecule has 2 bridgehead atoms. The SMILES string of the molecule is Cc1nc2c3c(nccc3c1C)N1CC3(C#N)CCC(N3)C1CO2. The van der Waals surface area contributed by atoms with Gasteiger partial charge in [-0.3, -0.25) is 5.32 Å². The molecule has 2 fully saturated rings. The molecule has 0 spiro atoms.